The van der Waals surface area contributed by atoms with Crippen LogP contribution in [0.3, 0.4) is 0 Å². The maximum atomic E-state index is 9.03. The highest BCUT2D eigenvalue weighted by molar-refractivity contribution is 4.90. The molecule has 2 fully saturated rings. The van der Waals surface area contributed by atoms with E-state index in [4.69, 9.17) is 19.7 Å². The summed E-state index contributed by atoms with van der Waals surface area (Å²) in [5.74, 6) is 0. The first kappa shape index (κ1) is 5.61. The molecule has 0 aromatic heterocycles. The summed E-state index contributed by atoms with van der Waals surface area (Å²) in [4.78, 5) is 0. The molecule has 2 rings (SSSR count). The van der Waals surface area contributed by atoms with Crippen molar-refractivity contribution in [3.63, 3.8) is 0 Å². The summed E-state index contributed by atoms with van der Waals surface area (Å²) in [6, 6.07) is 0. The second-order valence-corrected chi connectivity index (χ2v) is 2.36. The Hall–Kier alpha value is -0.160. The number of fused-ring (bicyclic) bond motifs is 2. The van der Waals surface area contributed by atoms with E-state index >= 15 is 0 Å². The van der Waals surface area contributed by atoms with Gasteiger partial charge in [-0.05, 0) is 0 Å². The van der Waals surface area contributed by atoms with Gasteiger partial charge in [-0.15, -0.1) is 0 Å². The highest BCUT2D eigenvalue weighted by Gasteiger charge is 2.48. The van der Waals surface area contributed by atoms with E-state index in [1.807, 2.05) is 0 Å². The van der Waals surface area contributed by atoms with Crippen molar-refractivity contribution < 1.29 is 19.7 Å². The Morgan fingerprint density at radius 1 is 1.22 bits per heavy atom. The summed E-state index contributed by atoms with van der Waals surface area (Å²) < 4.78 is 9.88. The van der Waals surface area contributed by atoms with E-state index in [1.54, 1.807) is 0 Å². The monoisotopic (exact) mass is 132 g/mol. The summed E-state index contributed by atoms with van der Waals surface area (Å²) in [7, 11) is 0. The van der Waals surface area contributed by atoms with E-state index in [2.05, 4.69) is 0 Å². The number of rotatable bonds is 0. The van der Waals surface area contributed by atoms with E-state index in [-0.39, 0.29) is 6.10 Å². The lowest BCUT2D eigenvalue weighted by Gasteiger charge is -2.17. The largest absolute Gasteiger partial charge is 0.387 e. The summed E-state index contributed by atoms with van der Waals surface area (Å²) >= 11 is 0. The standard InChI is InChI=1S/C5H8O4/c6-3-2-1-8-5(9-2)4(3)7/h2-7H,1H2/t2-,3-,4-,5-/m1/s1. The minimum absolute atomic E-state index is 0.301. The lowest BCUT2D eigenvalue weighted by Crippen LogP contribution is -2.39. The molecule has 2 saturated heterocycles. The Labute approximate surface area is 52.0 Å². The molecule has 0 unspecified atom stereocenters. The van der Waals surface area contributed by atoms with Crippen LogP contribution in [0.25, 0.3) is 0 Å². The van der Waals surface area contributed by atoms with Crippen molar-refractivity contribution in [2.24, 2.45) is 0 Å². The highest BCUT2D eigenvalue weighted by Crippen LogP contribution is 2.28. The Kier molecular flexibility index (Phi) is 1.04. The summed E-state index contributed by atoms with van der Waals surface area (Å²) in [5.41, 5.74) is 0. The van der Waals surface area contributed by atoms with E-state index < -0.39 is 18.5 Å². The number of aliphatic hydroxyl groups is 2. The van der Waals surface area contributed by atoms with Crippen molar-refractivity contribution in [3.8, 4) is 0 Å². The molecule has 0 amide bonds. The van der Waals surface area contributed by atoms with E-state index in [1.165, 1.54) is 0 Å². The number of ether oxygens (including phenoxy) is 2. The number of hydrogen-bond acceptors (Lipinski definition) is 4. The third kappa shape index (κ3) is 0.616. The fraction of sp³-hybridized carbons (Fsp3) is 1.00. The molecule has 4 heteroatoms. The van der Waals surface area contributed by atoms with E-state index in [0.717, 1.165) is 0 Å². The molecule has 2 N–H and O–H groups in total. The van der Waals surface area contributed by atoms with Crippen molar-refractivity contribution in [1.82, 2.24) is 0 Å². The molecule has 2 heterocycles. The SMILES string of the molecule is O[C@H]1[C@@H]2OC[C@@H](O2)[C@H]1O. The molecule has 0 aromatic rings. The van der Waals surface area contributed by atoms with Crippen molar-refractivity contribution in [3.05, 3.63) is 0 Å². The molecule has 0 saturated carbocycles. The predicted molar refractivity (Wildman–Crippen MR) is 26.6 cm³/mol. The summed E-state index contributed by atoms with van der Waals surface area (Å²) in [6.45, 7) is 0.406. The van der Waals surface area contributed by atoms with Gasteiger partial charge in [-0.1, -0.05) is 0 Å². The van der Waals surface area contributed by atoms with E-state index in [9.17, 15) is 0 Å². The predicted octanol–water partition coefficient (Wildman–Crippen LogP) is -1.54. The van der Waals surface area contributed by atoms with Gasteiger partial charge < -0.3 is 19.7 Å². The third-order valence-electron chi connectivity index (χ3n) is 1.74. The molecular weight excluding hydrogens is 124 g/mol. The molecular formula is C5H8O4. The van der Waals surface area contributed by atoms with Gasteiger partial charge in [0.15, 0.2) is 6.29 Å². The first-order valence-corrected chi connectivity index (χ1v) is 2.92. The van der Waals surface area contributed by atoms with Crippen LogP contribution < -0.4 is 0 Å². The van der Waals surface area contributed by atoms with E-state index in [0.29, 0.717) is 6.61 Å². The van der Waals surface area contributed by atoms with Crippen LogP contribution in [-0.2, 0) is 9.47 Å². The average Bonchev–Trinajstić information content (AvgIpc) is 2.37. The van der Waals surface area contributed by atoms with Crippen LogP contribution in [0.5, 0.6) is 0 Å². The van der Waals surface area contributed by atoms with Crippen LogP contribution in [0.2, 0.25) is 0 Å². The van der Waals surface area contributed by atoms with Crippen molar-refractivity contribution in [2.75, 3.05) is 6.61 Å². The van der Waals surface area contributed by atoms with Gasteiger partial charge in [0.25, 0.3) is 0 Å². The minimum Gasteiger partial charge on any atom is -0.387 e. The Balaban J connectivity index is 2.15. The fourth-order valence-corrected chi connectivity index (χ4v) is 1.18. The normalized spacial score (nSPS) is 56.7. The zero-order chi connectivity index (χ0) is 6.43. The lowest BCUT2D eigenvalue weighted by atomic mass is 10.1. The Morgan fingerprint density at radius 2 is 2.00 bits per heavy atom. The Bertz CT molecular complexity index is 108. The average molecular weight is 132 g/mol. The zero-order valence-electron chi connectivity index (χ0n) is 4.73. The molecule has 2 aliphatic rings. The second-order valence-electron chi connectivity index (χ2n) is 2.36. The van der Waals surface area contributed by atoms with Crippen LogP contribution >= 0.6 is 0 Å². The van der Waals surface area contributed by atoms with Gasteiger partial charge in [-0.3, -0.25) is 0 Å². The molecule has 2 aliphatic heterocycles. The first-order valence-electron chi connectivity index (χ1n) is 2.92. The number of aliphatic hydroxyl groups excluding tert-OH is 2. The molecule has 0 aromatic carbocycles. The maximum Gasteiger partial charge on any atom is 0.186 e. The second kappa shape index (κ2) is 1.67. The third-order valence-corrected chi connectivity index (χ3v) is 1.74. The van der Waals surface area contributed by atoms with Gasteiger partial charge in [0.05, 0.1) is 6.61 Å². The molecule has 4 nitrogen and oxygen atoms in total. The van der Waals surface area contributed by atoms with Crippen molar-refractivity contribution in [2.45, 2.75) is 24.6 Å². The van der Waals surface area contributed by atoms with Gasteiger partial charge >= 0.3 is 0 Å². The highest BCUT2D eigenvalue weighted by atomic mass is 16.7. The molecule has 9 heavy (non-hydrogen) atoms. The van der Waals surface area contributed by atoms with Gasteiger partial charge in [0.2, 0.25) is 0 Å². The van der Waals surface area contributed by atoms with Crippen LogP contribution in [-0.4, -0.2) is 41.4 Å². The van der Waals surface area contributed by atoms with Gasteiger partial charge in [0, 0.05) is 0 Å². The van der Waals surface area contributed by atoms with Crippen LogP contribution in [0.15, 0.2) is 0 Å². The maximum absolute atomic E-state index is 9.03. The zero-order valence-corrected chi connectivity index (χ0v) is 4.73. The van der Waals surface area contributed by atoms with Crippen molar-refractivity contribution in [1.29, 1.82) is 0 Å². The topological polar surface area (TPSA) is 58.9 Å². The molecule has 0 aliphatic carbocycles. The van der Waals surface area contributed by atoms with Crippen LogP contribution in [0.4, 0.5) is 0 Å². The molecule has 2 bridgehead atoms. The number of hydrogen-bond donors (Lipinski definition) is 2. The van der Waals surface area contributed by atoms with Crippen LogP contribution in [0.1, 0.15) is 0 Å². The summed E-state index contributed by atoms with van der Waals surface area (Å²) in [6.07, 6.45) is -2.47. The molecule has 0 radical (unpaired) electrons. The van der Waals surface area contributed by atoms with Gasteiger partial charge in [-0.2, -0.15) is 0 Å². The smallest absolute Gasteiger partial charge is 0.186 e. The summed E-state index contributed by atoms with van der Waals surface area (Å²) in [5, 5.41) is 18.0. The van der Waals surface area contributed by atoms with Crippen LogP contribution in [0, 0.1) is 0 Å². The van der Waals surface area contributed by atoms with Crippen molar-refractivity contribution >= 4 is 0 Å². The minimum atomic E-state index is -0.844. The Morgan fingerprint density at radius 3 is 2.33 bits per heavy atom. The fourth-order valence-electron chi connectivity index (χ4n) is 1.18. The molecule has 4 atom stereocenters. The molecule has 0 spiro atoms. The van der Waals surface area contributed by atoms with Gasteiger partial charge in [-0.25, -0.2) is 0 Å². The quantitative estimate of drug-likeness (QED) is 0.419. The molecule has 52 valence electrons. The first-order chi connectivity index (χ1) is 4.29. The lowest BCUT2D eigenvalue weighted by molar-refractivity contribution is -0.111. The van der Waals surface area contributed by atoms with Gasteiger partial charge in [0.1, 0.15) is 18.3 Å².